The molecule has 0 fully saturated rings. The summed E-state index contributed by atoms with van der Waals surface area (Å²) in [5.41, 5.74) is 0. The van der Waals surface area contributed by atoms with E-state index in [0.29, 0.717) is 0 Å². The molecule has 66 valence electrons. The van der Waals surface area contributed by atoms with E-state index >= 15 is 0 Å². The van der Waals surface area contributed by atoms with Gasteiger partial charge in [0.25, 0.3) is 0 Å². The van der Waals surface area contributed by atoms with Gasteiger partial charge in [-0.05, 0) is 25.5 Å². The highest BCUT2D eigenvalue weighted by molar-refractivity contribution is 7.14. The van der Waals surface area contributed by atoms with Crippen molar-refractivity contribution in [3.05, 3.63) is 21.9 Å². The maximum absolute atomic E-state index is 11.4. The van der Waals surface area contributed by atoms with Crippen molar-refractivity contribution in [3.63, 3.8) is 0 Å². The number of alkyl halides is 1. The van der Waals surface area contributed by atoms with Gasteiger partial charge in [0.1, 0.15) is 0 Å². The van der Waals surface area contributed by atoms with Crippen LogP contribution < -0.4 is 0 Å². The summed E-state index contributed by atoms with van der Waals surface area (Å²) >= 11 is 7.21. The molecule has 1 aromatic rings. The van der Waals surface area contributed by atoms with E-state index < -0.39 is 5.38 Å². The van der Waals surface area contributed by atoms with Crippen LogP contribution in [0.15, 0.2) is 12.1 Å². The third-order valence-electron chi connectivity index (χ3n) is 1.61. The molecule has 1 heterocycles. The molecule has 0 bridgehead atoms. The van der Waals surface area contributed by atoms with Crippen molar-refractivity contribution in [2.75, 3.05) is 0 Å². The highest BCUT2D eigenvalue weighted by Gasteiger charge is 2.13. The number of carbonyl (C=O) groups excluding carboxylic acids is 1. The monoisotopic (exact) mass is 202 g/mol. The molecular weight excluding hydrogens is 192 g/mol. The van der Waals surface area contributed by atoms with E-state index in [9.17, 15) is 4.79 Å². The molecule has 1 unspecified atom stereocenters. The molecule has 0 radical (unpaired) electrons. The second-order valence-corrected chi connectivity index (χ2v) is 4.42. The first kappa shape index (κ1) is 9.75. The maximum Gasteiger partial charge on any atom is 0.190 e. The molecule has 0 amide bonds. The van der Waals surface area contributed by atoms with E-state index in [-0.39, 0.29) is 5.78 Å². The fraction of sp³-hybridized carbons (Fsp3) is 0.444. The molecule has 0 N–H and O–H groups in total. The quantitative estimate of drug-likeness (QED) is 0.544. The number of thiophene rings is 1. The minimum absolute atomic E-state index is 0.0290. The molecule has 3 heteroatoms. The molecule has 0 aromatic carbocycles. The second kappa shape index (κ2) is 4.06. The number of hydrogen-bond acceptors (Lipinski definition) is 2. The second-order valence-electron chi connectivity index (χ2n) is 2.60. The van der Waals surface area contributed by atoms with Gasteiger partial charge in [-0.15, -0.1) is 22.9 Å². The average molecular weight is 203 g/mol. The van der Waals surface area contributed by atoms with Gasteiger partial charge in [0.2, 0.25) is 0 Å². The van der Waals surface area contributed by atoms with Crippen LogP contribution in [0.4, 0.5) is 0 Å². The van der Waals surface area contributed by atoms with Gasteiger partial charge in [-0.25, -0.2) is 0 Å². The summed E-state index contributed by atoms with van der Waals surface area (Å²) in [7, 11) is 0. The van der Waals surface area contributed by atoms with Gasteiger partial charge in [0.05, 0.1) is 10.3 Å². The van der Waals surface area contributed by atoms with Gasteiger partial charge in [0.15, 0.2) is 5.78 Å². The van der Waals surface area contributed by atoms with Gasteiger partial charge < -0.3 is 0 Å². The Hall–Kier alpha value is -0.340. The topological polar surface area (TPSA) is 17.1 Å². The van der Waals surface area contributed by atoms with Gasteiger partial charge in [0, 0.05) is 4.88 Å². The van der Waals surface area contributed by atoms with Crippen LogP contribution >= 0.6 is 22.9 Å². The summed E-state index contributed by atoms with van der Waals surface area (Å²) in [5.74, 6) is 0.0290. The van der Waals surface area contributed by atoms with E-state index in [1.54, 1.807) is 6.92 Å². The third kappa shape index (κ3) is 2.08. The number of carbonyl (C=O) groups is 1. The summed E-state index contributed by atoms with van der Waals surface area (Å²) in [6, 6.07) is 3.84. The Morgan fingerprint density at radius 3 is 2.75 bits per heavy atom. The minimum atomic E-state index is -0.409. The molecule has 0 saturated heterocycles. The molecular formula is C9H11ClOS. The van der Waals surface area contributed by atoms with E-state index in [2.05, 4.69) is 6.92 Å². The van der Waals surface area contributed by atoms with Crippen molar-refractivity contribution in [3.8, 4) is 0 Å². The van der Waals surface area contributed by atoms with Crippen LogP contribution in [0.1, 0.15) is 28.4 Å². The van der Waals surface area contributed by atoms with E-state index in [4.69, 9.17) is 11.6 Å². The Bertz CT molecular complexity index is 278. The first-order valence-corrected chi connectivity index (χ1v) is 5.17. The van der Waals surface area contributed by atoms with E-state index in [1.165, 1.54) is 16.2 Å². The number of Topliss-reactive ketones (excluding diaryl/α,β-unsaturated/α-hetero) is 1. The van der Waals surface area contributed by atoms with Crippen molar-refractivity contribution >= 4 is 28.7 Å². The van der Waals surface area contributed by atoms with Crippen LogP contribution in [0.3, 0.4) is 0 Å². The number of halogens is 1. The average Bonchev–Trinajstić information content (AvgIpc) is 2.50. The molecule has 0 saturated carbocycles. The highest BCUT2D eigenvalue weighted by atomic mass is 35.5. The summed E-state index contributed by atoms with van der Waals surface area (Å²) in [6.45, 7) is 3.78. The fourth-order valence-electron chi connectivity index (χ4n) is 0.896. The SMILES string of the molecule is CCc1ccc(C(=O)C(C)Cl)s1. The molecule has 0 aliphatic rings. The van der Waals surface area contributed by atoms with Gasteiger partial charge in [-0.3, -0.25) is 4.79 Å². The van der Waals surface area contributed by atoms with Crippen molar-refractivity contribution in [2.45, 2.75) is 25.6 Å². The lowest BCUT2D eigenvalue weighted by Gasteiger charge is -1.96. The van der Waals surface area contributed by atoms with Gasteiger partial charge >= 0.3 is 0 Å². The number of hydrogen-bond donors (Lipinski definition) is 0. The number of aryl methyl sites for hydroxylation is 1. The van der Waals surface area contributed by atoms with Gasteiger partial charge in [-0.2, -0.15) is 0 Å². The third-order valence-corrected chi connectivity index (χ3v) is 3.06. The molecule has 0 aliphatic heterocycles. The van der Waals surface area contributed by atoms with Crippen LogP contribution in [-0.2, 0) is 6.42 Å². The zero-order valence-corrected chi connectivity index (χ0v) is 8.71. The van der Waals surface area contributed by atoms with E-state index in [1.807, 2.05) is 12.1 Å². The molecule has 0 aliphatic carbocycles. The lowest BCUT2D eigenvalue weighted by Crippen LogP contribution is -2.07. The Morgan fingerprint density at radius 2 is 2.33 bits per heavy atom. The first-order valence-electron chi connectivity index (χ1n) is 3.92. The van der Waals surface area contributed by atoms with Crippen LogP contribution in [0, 0.1) is 0 Å². The normalized spacial score (nSPS) is 12.9. The molecule has 0 spiro atoms. The van der Waals surface area contributed by atoms with Crippen molar-refractivity contribution < 1.29 is 4.79 Å². The van der Waals surface area contributed by atoms with Crippen LogP contribution in [0.5, 0.6) is 0 Å². The van der Waals surface area contributed by atoms with Crippen LogP contribution in [0.25, 0.3) is 0 Å². The predicted octanol–water partition coefficient (Wildman–Crippen LogP) is 3.12. The van der Waals surface area contributed by atoms with Gasteiger partial charge in [-0.1, -0.05) is 6.92 Å². The molecule has 12 heavy (non-hydrogen) atoms. The first-order chi connectivity index (χ1) is 5.65. The molecule has 1 aromatic heterocycles. The predicted molar refractivity (Wildman–Crippen MR) is 53.3 cm³/mol. The fourth-order valence-corrected chi connectivity index (χ4v) is 2.05. The van der Waals surface area contributed by atoms with Crippen molar-refractivity contribution in [1.29, 1.82) is 0 Å². The summed E-state index contributed by atoms with van der Waals surface area (Å²) < 4.78 is 0. The lowest BCUT2D eigenvalue weighted by molar-refractivity contribution is 0.0995. The zero-order chi connectivity index (χ0) is 9.14. The Kier molecular flexibility index (Phi) is 3.29. The van der Waals surface area contributed by atoms with Crippen molar-refractivity contribution in [1.82, 2.24) is 0 Å². The smallest absolute Gasteiger partial charge is 0.190 e. The molecule has 1 nitrogen and oxygen atoms in total. The Labute approximate surface area is 81.4 Å². The molecule has 1 rings (SSSR count). The largest absolute Gasteiger partial charge is 0.292 e. The number of rotatable bonds is 3. The summed E-state index contributed by atoms with van der Waals surface area (Å²) in [6.07, 6.45) is 0.981. The van der Waals surface area contributed by atoms with Crippen LogP contribution in [-0.4, -0.2) is 11.2 Å². The van der Waals surface area contributed by atoms with Crippen LogP contribution in [0.2, 0.25) is 0 Å². The lowest BCUT2D eigenvalue weighted by atomic mass is 10.2. The summed E-state index contributed by atoms with van der Waals surface area (Å²) in [4.78, 5) is 13.4. The minimum Gasteiger partial charge on any atom is -0.292 e. The maximum atomic E-state index is 11.4. The standard InChI is InChI=1S/C9H11ClOS/c1-3-7-4-5-8(12-7)9(11)6(2)10/h4-6H,3H2,1-2H3. The number of ketones is 1. The summed E-state index contributed by atoms with van der Waals surface area (Å²) in [5, 5.41) is -0.409. The van der Waals surface area contributed by atoms with E-state index in [0.717, 1.165) is 11.3 Å². The Morgan fingerprint density at radius 1 is 1.67 bits per heavy atom. The molecule has 1 atom stereocenters. The highest BCUT2D eigenvalue weighted by Crippen LogP contribution is 2.19. The Balaban J connectivity index is 2.82. The van der Waals surface area contributed by atoms with Crippen molar-refractivity contribution in [2.24, 2.45) is 0 Å². The zero-order valence-electron chi connectivity index (χ0n) is 7.13.